The third-order valence-corrected chi connectivity index (χ3v) is 5.80. The van der Waals surface area contributed by atoms with E-state index in [0.717, 1.165) is 11.3 Å². The lowest BCUT2D eigenvalue weighted by Gasteiger charge is -2.33. The Bertz CT molecular complexity index is 1190. The molecule has 3 aliphatic rings. The standard InChI is InChI=1S/C22H16N2O5/c25-16-9-8-11(24(28)29)10-14(16)18-19-15(6-3-7-17(19)26)23-21-12-4-1-2-5-13(12)22(27)20(18)21/h1-2,4-5,8-10,18,23,25H,3,6-7H2/t18-/m0/s1. The number of phenolic OH excluding ortho intramolecular Hbond substituents is 1. The van der Waals surface area contributed by atoms with Gasteiger partial charge in [0.15, 0.2) is 11.6 Å². The molecule has 7 heteroatoms. The highest BCUT2D eigenvalue weighted by atomic mass is 16.6. The van der Waals surface area contributed by atoms with Crippen LogP contribution in [0, 0.1) is 10.1 Å². The van der Waals surface area contributed by atoms with Crippen LogP contribution in [-0.2, 0) is 4.79 Å². The molecule has 1 atom stereocenters. The van der Waals surface area contributed by atoms with Crippen LogP contribution in [-0.4, -0.2) is 21.6 Å². The lowest BCUT2D eigenvalue weighted by Crippen LogP contribution is -2.31. The van der Waals surface area contributed by atoms with Gasteiger partial charge in [0.25, 0.3) is 5.69 Å². The monoisotopic (exact) mass is 388 g/mol. The zero-order valence-electron chi connectivity index (χ0n) is 15.3. The minimum absolute atomic E-state index is 0.107. The molecule has 1 aliphatic heterocycles. The number of hydrogen-bond acceptors (Lipinski definition) is 6. The van der Waals surface area contributed by atoms with Crippen LogP contribution in [0.4, 0.5) is 5.69 Å². The van der Waals surface area contributed by atoms with Crippen LogP contribution in [0.15, 0.2) is 59.3 Å². The number of carbonyl (C=O) groups is 2. The summed E-state index contributed by atoms with van der Waals surface area (Å²) in [4.78, 5) is 36.9. The second kappa shape index (κ2) is 6.13. The van der Waals surface area contributed by atoms with Crippen LogP contribution in [0.2, 0.25) is 0 Å². The summed E-state index contributed by atoms with van der Waals surface area (Å²) in [7, 11) is 0. The summed E-state index contributed by atoms with van der Waals surface area (Å²) in [5.41, 5.74) is 3.39. The van der Waals surface area contributed by atoms with E-state index in [0.29, 0.717) is 41.7 Å². The fraction of sp³-hybridized carbons (Fsp3) is 0.182. The van der Waals surface area contributed by atoms with Crippen LogP contribution in [0.3, 0.4) is 0 Å². The minimum Gasteiger partial charge on any atom is -0.508 e. The number of phenols is 1. The molecule has 5 rings (SSSR count). The van der Waals surface area contributed by atoms with Gasteiger partial charge in [0.05, 0.1) is 10.6 Å². The number of dihydropyridines is 1. The molecule has 7 nitrogen and oxygen atoms in total. The molecule has 144 valence electrons. The Labute approximate surface area is 165 Å². The predicted molar refractivity (Wildman–Crippen MR) is 104 cm³/mol. The first-order chi connectivity index (χ1) is 14.0. The number of nitro benzene ring substituents is 1. The van der Waals surface area contributed by atoms with Crippen molar-refractivity contribution in [3.8, 4) is 5.75 Å². The summed E-state index contributed by atoms with van der Waals surface area (Å²) < 4.78 is 0. The van der Waals surface area contributed by atoms with Crippen molar-refractivity contribution in [2.45, 2.75) is 25.2 Å². The molecule has 0 aromatic heterocycles. The highest BCUT2D eigenvalue weighted by Gasteiger charge is 2.44. The average molecular weight is 388 g/mol. The van der Waals surface area contributed by atoms with Crippen molar-refractivity contribution in [1.82, 2.24) is 5.32 Å². The predicted octanol–water partition coefficient (Wildman–Crippen LogP) is 3.60. The molecular weight excluding hydrogens is 372 g/mol. The molecule has 0 unspecified atom stereocenters. The van der Waals surface area contributed by atoms with Gasteiger partial charge in [-0.05, 0) is 18.9 Å². The molecule has 2 aromatic rings. The zero-order chi connectivity index (χ0) is 20.3. The van der Waals surface area contributed by atoms with Crippen molar-refractivity contribution < 1.29 is 19.6 Å². The Morgan fingerprint density at radius 2 is 1.79 bits per heavy atom. The molecule has 29 heavy (non-hydrogen) atoms. The van der Waals surface area contributed by atoms with Gasteiger partial charge in [0, 0.05) is 58.0 Å². The first-order valence-corrected chi connectivity index (χ1v) is 9.36. The molecule has 0 saturated heterocycles. The lowest BCUT2D eigenvalue weighted by atomic mass is 9.74. The van der Waals surface area contributed by atoms with Crippen molar-refractivity contribution in [2.75, 3.05) is 0 Å². The first-order valence-electron chi connectivity index (χ1n) is 9.36. The van der Waals surface area contributed by atoms with Gasteiger partial charge in [-0.3, -0.25) is 19.7 Å². The molecule has 0 bridgehead atoms. The Morgan fingerprint density at radius 3 is 2.55 bits per heavy atom. The van der Waals surface area contributed by atoms with Crippen molar-refractivity contribution in [2.24, 2.45) is 0 Å². The van der Waals surface area contributed by atoms with E-state index in [4.69, 9.17) is 0 Å². The fourth-order valence-electron chi connectivity index (χ4n) is 4.53. The van der Waals surface area contributed by atoms with Gasteiger partial charge in [-0.2, -0.15) is 0 Å². The molecule has 0 saturated carbocycles. The van der Waals surface area contributed by atoms with Crippen molar-refractivity contribution in [3.63, 3.8) is 0 Å². The van der Waals surface area contributed by atoms with E-state index in [1.165, 1.54) is 18.2 Å². The van der Waals surface area contributed by atoms with Crippen LogP contribution >= 0.6 is 0 Å². The molecule has 2 aromatic carbocycles. The molecule has 2 aliphatic carbocycles. The van der Waals surface area contributed by atoms with E-state index in [9.17, 15) is 24.8 Å². The number of allylic oxidation sites excluding steroid dienone is 3. The summed E-state index contributed by atoms with van der Waals surface area (Å²) in [5, 5.41) is 25.2. The third kappa shape index (κ3) is 2.44. The maximum atomic E-state index is 13.3. The van der Waals surface area contributed by atoms with E-state index < -0.39 is 10.8 Å². The Balaban J connectivity index is 1.79. The minimum atomic E-state index is -0.839. The molecule has 0 radical (unpaired) electrons. The normalized spacial score (nSPS) is 20.2. The number of ketones is 2. The Kier molecular flexibility index (Phi) is 3.67. The number of nitrogens with one attached hydrogen (secondary N) is 1. The second-order valence-corrected chi connectivity index (χ2v) is 7.39. The highest BCUT2D eigenvalue weighted by Crippen LogP contribution is 2.50. The summed E-state index contributed by atoms with van der Waals surface area (Å²) in [6, 6.07) is 10.9. The van der Waals surface area contributed by atoms with Gasteiger partial charge in [-0.25, -0.2) is 0 Å². The zero-order valence-corrected chi connectivity index (χ0v) is 15.3. The number of nitrogens with zero attached hydrogens (tertiary/aromatic N) is 1. The van der Waals surface area contributed by atoms with E-state index in [-0.39, 0.29) is 28.6 Å². The van der Waals surface area contributed by atoms with Gasteiger partial charge in [-0.15, -0.1) is 0 Å². The molecule has 1 heterocycles. The number of rotatable bonds is 2. The van der Waals surface area contributed by atoms with Crippen molar-refractivity contribution >= 4 is 23.0 Å². The van der Waals surface area contributed by atoms with Crippen LogP contribution in [0.25, 0.3) is 5.70 Å². The largest absolute Gasteiger partial charge is 0.508 e. The highest BCUT2D eigenvalue weighted by molar-refractivity contribution is 6.23. The number of hydrogen-bond donors (Lipinski definition) is 2. The number of non-ortho nitro benzene ring substituents is 1. The fourth-order valence-corrected chi connectivity index (χ4v) is 4.53. The Hall–Kier alpha value is -3.74. The third-order valence-electron chi connectivity index (χ3n) is 5.80. The summed E-state index contributed by atoms with van der Waals surface area (Å²) in [6.07, 6.45) is 1.67. The smallest absolute Gasteiger partial charge is 0.270 e. The van der Waals surface area contributed by atoms with E-state index in [1.54, 1.807) is 12.1 Å². The van der Waals surface area contributed by atoms with Gasteiger partial charge in [-0.1, -0.05) is 24.3 Å². The molecule has 2 N–H and O–H groups in total. The quantitative estimate of drug-likeness (QED) is 0.601. The molecule has 0 fully saturated rings. The van der Waals surface area contributed by atoms with Crippen molar-refractivity contribution in [3.05, 3.63) is 86.1 Å². The average Bonchev–Trinajstić information content (AvgIpc) is 2.99. The SMILES string of the molecule is O=C1CCCC2=C1[C@H](c1cc([N+](=O)[O-])ccc1O)C1=C(N2)c2ccccc2C1=O. The van der Waals surface area contributed by atoms with Gasteiger partial charge in [0.2, 0.25) is 0 Å². The van der Waals surface area contributed by atoms with E-state index in [1.807, 2.05) is 12.1 Å². The number of carbonyl (C=O) groups excluding carboxylic acids is 2. The maximum absolute atomic E-state index is 13.3. The van der Waals surface area contributed by atoms with Gasteiger partial charge >= 0.3 is 0 Å². The number of aromatic hydroxyl groups is 1. The second-order valence-electron chi connectivity index (χ2n) is 7.39. The summed E-state index contributed by atoms with van der Waals surface area (Å²) in [6.45, 7) is 0. The molecule has 0 spiro atoms. The number of benzene rings is 2. The number of fused-ring (bicyclic) bond motifs is 2. The summed E-state index contributed by atoms with van der Waals surface area (Å²) in [5.74, 6) is -1.36. The van der Waals surface area contributed by atoms with Crippen molar-refractivity contribution in [1.29, 1.82) is 0 Å². The Morgan fingerprint density at radius 1 is 1.03 bits per heavy atom. The van der Waals surface area contributed by atoms with Gasteiger partial charge in [0.1, 0.15) is 5.75 Å². The maximum Gasteiger partial charge on any atom is 0.270 e. The number of Topliss-reactive ketones (excluding diaryl/α,β-unsaturated/α-hetero) is 2. The molecular formula is C22H16N2O5. The first kappa shape index (κ1) is 17.4. The van der Waals surface area contributed by atoms with Crippen LogP contribution in [0.5, 0.6) is 5.75 Å². The van der Waals surface area contributed by atoms with Crippen LogP contribution in [0.1, 0.15) is 46.7 Å². The molecule has 0 amide bonds. The number of nitro groups is 1. The van der Waals surface area contributed by atoms with E-state index >= 15 is 0 Å². The topological polar surface area (TPSA) is 110 Å². The van der Waals surface area contributed by atoms with Crippen LogP contribution < -0.4 is 5.32 Å². The summed E-state index contributed by atoms with van der Waals surface area (Å²) >= 11 is 0. The van der Waals surface area contributed by atoms with Gasteiger partial charge < -0.3 is 10.4 Å². The lowest BCUT2D eigenvalue weighted by molar-refractivity contribution is -0.384. The van der Waals surface area contributed by atoms with E-state index in [2.05, 4.69) is 5.32 Å².